The molecule has 0 heterocycles. The van der Waals surface area contributed by atoms with Crippen molar-refractivity contribution in [3.8, 4) is 6.07 Å². The van der Waals surface area contributed by atoms with Gasteiger partial charge in [-0.25, -0.2) is 0 Å². The maximum Gasteiger partial charge on any atom is 0.303 e. The van der Waals surface area contributed by atoms with Crippen LogP contribution in [0.2, 0.25) is 0 Å². The lowest BCUT2D eigenvalue weighted by Gasteiger charge is -2.44. The number of esters is 5. The minimum Gasteiger partial charge on any atom is -0.462 e. The maximum atomic E-state index is 12.7. The third-order valence-electron chi connectivity index (χ3n) is 6.63. The zero-order valence-electron chi connectivity index (χ0n) is 23.7. The molecule has 14 nitrogen and oxygen atoms in total. The largest absolute Gasteiger partial charge is 0.462 e. The first-order chi connectivity index (χ1) is 18.5. The number of rotatable bonds is 13. The summed E-state index contributed by atoms with van der Waals surface area (Å²) in [6.07, 6.45) is -7.16. The summed E-state index contributed by atoms with van der Waals surface area (Å²) < 4.78 is 26.8. The molecule has 0 aromatic heterocycles. The van der Waals surface area contributed by atoms with E-state index in [0.29, 0.717) is 5.57 Å². The van der Waals surface area contributed by atoms with Crippen LogP contribution in [0.5, 0.6) is 0 Å². The van der Waals surface area contributed by atoms with Crippen LogP contribution in [0.15, 0.2) is 11.1 Å². The Morgan fingerprint density at radius 3 is 1.88 bits per heavy atom. The number of nitrogens with zero attached hydrogens (tertiary/aromatic N) is 2. The Kier molecular flexibility index (Phi) is 12.7. The minimum atomic E-state index is -1.84. The molecule has 0 saturated carbocycles. The van der Waals surface area contributed by atoms with E-state index in [0.717, 1.165) is 40.2 Å². The first-order valence-corrected chi connectivity index (χ1v) is 12.5. The van der Waals surface area contributed by atoms with E-state index in [4.69, 9.17) is 23.7 Å². The Bertz CT molecular complexity index is 1080. The van der Waals surface area contributed by atoms with Gasteiger partial charge in [0.2, 0.25) is 5.54 Å². The lowest BCUT2D eigenvalue weighted by molar-refractivity contribution is -0.586. The molecule has 0 bridgehead atoms. The van der Waals surface area contributed by atoms with Crippen molar-refractivity contribution >= 4 is 29.8 Å². The standard InChI is InChI=1S/C26H36N2O12/c1-14-11-21(26(28(34)35,9-8-10-27)12-15(14)2)23(38-18(5)31)25(40-20(7)33)24(39-19(6)32)22(37-17(4)30)13-36-16(3)29/h21-25H,8-9,11-13H2,1-7H3/t21-,22+,23+,24+,25+,26-/m0/s1. The molecule has 1 aliphatic carbocycles. The minimum absolute atomic E-state index is 0.00290. The highest BCUT2D eigenvalue weighted by Crippen LogP contribution is 2.46. The summed E-state index contributed by atoms with van der Waals surface area (Å²) in [6, 6.07) is 1.91. The van der Waals surface area contributed by atoms with Gasteiger partial charge in [-0.2, -0.15) is 5.26 Å². The van der Waals surface area contributed by atoms with Crippen LogP contribution < -0.4 is 0 Å². The molecule has 0 saturated heterocycles. The van der Waals surface area contributed by atoms with E-state index in [1.807, 2.05) is 6.07 Å². The number of nitro groups is 1. The van der Waals surface area contributed by atoms with Crippen molar-refractivity contribution in [1.82, 2.24) is 0 Å². The number of hydrogen-bond acceptors (Lipinski definition) is 13. The van der Waals surface area contributed by atoms with Crippen LogP contribution in [-0.2, 0) is 47.7 Å². The summed E-state index contributed by atoms with van der Waals surface area (Å²) in [4.78, 5) is 72.6. The fourth-order valence-electron chi connectivity index (χ4n) is 4.93. The Balaban J connectivity index is 3.97. The zero-order chi connectivity index (χ0) is 30.8. The normalized spacial score (nSPS) is 21.5. The Hall–Kier alpha value is -4.02. The Morgan fingerprint density at radius 1 is 0.900 bits per heavy atom. The monoisotopic (exact) mass is 568 g/mol. The van der Waals surface area contributed by atoms with Crippen LogP contribution in [0, 0.1) is 27.4 Å². The molecule has 14 heteroatoms. The predicted octanol–water partition coefficient (Wildman–Crippen LogP) is 2.34. The van der Waals surface area contributed by atoms with Crippen molar-refractivity contribution < 1.29 is 52.6 Å². The van der Waals surface area contributed by atoms with Crippen LogP contribution >= 0.6 is 0 Å². The number of ether oxygens (including phenoxy) is 5. The summed E-state index contributed by atoms with van der Waals surface area (Å²) >= 11 is 0. The van der Waals surface area contributed by atoms with Crippen molar-refractivity contribution in [3.05, 3.63) is 21.3 Å². The van der Waals surface area contributed by atoms with E-state index in [1.54, 1.807) is 13.8 Å². The van der Waals surface area contributed by atoms with Crippen LogP contribution in [0.25, 0.3) is 0 Å². The highest BCUT2D eigenvalue weighted by Gasteiger charge is 2.60. The molecule has 222 valence electrons. The third kappa shape index (κ3) is 9.32. The van der Waals surface area contributed by atoms with Crippen molar-refractivity contribution in [2.24, 2.45) is 5.92 Å². The quantitative estimate of drug-likeness (QED) is 0.103. The van der Waals surface area contributed by atoms with E-state index in [9.17, 15) is 39.3 Å². The molecule has 0 fully saturated rings. The molecule has 0 spiro atoms. The van der Waals surface area contributed by atoms with Crippen LogP contribution in [0.3, 0.4) is 0 Å². The second-order valence-corrected chi connectivity index (χ2v) is 9.74. The van der Waals surface area contributed by atoms with E-state index in [2.05, 4.69) is 0 Å². The molecule has 1 rings (SSSR count). The number of carbonyl (C=O) groups is 5. The molecular formula is C26H36N2O12. The highest BCUT2D eigenvalue weighted by molar-refractivity contribution is 5.69. The number of nitriles is 1. The van der Waals surface area contributed by atoms with Crippen molar-refractivity contribution in [1.29, 1.82) is 5.26 Å². The summed E-state index contributed by atoms with van der Waals surface area (Å²) in [6.45, 7) is 8.01. The van der Waals surface area contributed by atoms with Gasteiger partial charge in [0, 0.05) is 58.8 Å². The van der Waals surface area contributed by atoms with Crippen LogP contribution in [0.4, 0.5) is 0 Å². The molecule has 0 N–H and O–H groups in total. The first kappa shape index (κ1) is 34.0. The smallest absolute Gasteiger partial charge is 0.303 e. The van der Waals surface area contributed by atoms with Gasteiger partial charge >= 0.3 is 29.8 Å². The van der Waals surface area contributed by atoms with Crippen molar-refractivity contribution in [2.45, 2.75) is 104 Å². The summed E-state index contributed by atoms with van der Waals surface area (Å²) in [7, 11) is 0. The summed E-state index contributed by atoms with van der Waals surface area (Å²) in [5.74, 6) is -5.58. The third-order valence-corrected chi connectivity index (χ3v) is 6.63. The highest BCUT2D eigenvalue weighted by atomic mass is 16.6. The number of hydrogen-bond donors (Lipinski definition) is 0. The first-order valence-electron chi connectivity index (χ1n) is 12.5. The molecule has 6 atom stereocenters. The average molecular weight is 569 g/mol. The van der Waals surface area contributed by atoms with Crippen LogP contribution in [-0.4, -0.2) is 71.3 Å². The Labute approximate surface area is 232 Å². The zero-order valence-corrected chi connectivity index (χ0v) is 23.7. The van der Waals surface area contributed by atoms with Crippen molar-refractivity contribution in [3.63, 3.8) is 0 Å². The van der Waals surface area contributed by atoms with Gasteiger partial charge in [-0.1, -0.05) is 11.1 Å². The van der Waals surface area contributed by atoms with Gasteiger partial charge in [0.15, 0.2) is 24.4 Å². The Morgan fingerprint density at radius 2 is 1.43 bits per heavy atom. The maximum absolute atomic E-state index is 12.7. The van der Waals surface area contributed by atoms with E-state index in [1.165, 1.54) is 0 Å². The average Bonchev–Trinajstić information content (AvgIpc) is 2.82. The van der Waals surface area contributed by atoms with Gasteiger partial charge < -0.3 is 23.7 Å². The molecule has 0 aromatic rings. The fourth-order valence-corrected chi connectivity index (χ4v) is 4.93. The van der Waals surface area contributed by atoms with Gasteiger partial charge in [0.05, 0.1) is 12.0 Å². The second-order valence-electron chi connectivity index (χ2n) is 9.74. The van der Waals surface area contributed by atoms with Crippen molar-refractivity contribution in [2.75, 3.05) is 6.61 Å². The van der Waals surface area contributed by atoms with Gasteiger partial charge in [-0.3, -0.25) is 34.1 Å². The summed E-state index contributed by atoms with van der Waals surface area (Å²) in [5, 5.41) is 22.0. The van der Waals surface area contributed by atoms with Gasteiger partial charge in [0.25, 0.3) is 0 Å². The number of carbonyl (C=O) groups excluding carboxylic acids is 5. The lowest BCUT2D eigenvalue weighted by atomic mass is 9.65. The molecule has 0 radical (unpaired) electrons. The lowest BCUT2D eigenvalue weighted by Crippen LogP contribution is -2.61. The van der Waals surface area contributed by atoms with Gasteiger partial charge in [0.1, 0.15) is 6.61 Å². The molecular weight excluding hydrogens is 532 g/mol. The molecule has 0 amide bonds. The molecule has 1 aliphatic rings. The van der Waals surface area contributed by atoms with Crippen LogP contribution in [0.1, 0.15) is 74.1 Å². The van der Waals surface area contributed by atoms with E-state index >= 15 is 0 Å². The van der Waals surface area contributed by atoms with E-state index < -0.39 is 77.2 Å². The molecule has 0 unspecified atom stereocenters. The SMILES string of the molecule is CC(=O)OC[C@@H](OC(C)=O)[C@@H](OC(C)=O)[C@H](OC(C)=O)[C@H](OC(C)=O)[C@@H]1CC(C)=C(C)C[C@]1(CCC#N)[N+](=O)[O-]. The molecule has 0 aromatic carbocycles. The topological polar surface area (TPSA) is 198 Å². The molecule has 40 heavy (non-hydrogen) atoms. The van der Waals surface area contributed by atoms with E-state index in [-0.39, 0.29) is 25.7 Å². The molecule has 0 aliphatic heterocycles. The fraction of sp³-hybridized carbons (Fsp3) is 0.692. The van der Waals surface area contributed by atoms with Gasteiger partial charge in [-0.15, -0.1) is 0 Å². The summed E-state index contributed by atoms with van der Waals surface area (Å²) in [5.41, 5.74) is -0.384. The second kappa shape index (κ2) is 14.9. The predicted molar refractivity (Wildman–Crippen MR) is 135 cm³/mol. The number of allylic oxidation sites excluding steroid dienone is 1. The van der Waals surface area contributed by atoms with Gasteiger partial charge in [-0.05, 0) is 20.3 Å².